The third-order valence-electron chi connectivity index (χ3n) is 5.14. The standard InChI is InChI=1S/C19H21FN4O/c20-16-6-3-8-22-17(16)24-9-7-15(12-24)23-18(25)19(21)10-13-4-1-2-5-14(13)11-19/h1-6,8,15H,7,9-12,21H2,(H,23,25)/t15-/m0/s1. The summed E-state index contributed by atoms with van der Waals surface area (Å²) in [6, 6.07) is 10.9. The van der Waals surface area contributed by atoms with Crippen molar-refractivity contribution in [2.45, 2.75) is 30.8 Å². The number of hydrogen-bond acceptors (Lipinski definition) is 4. The molecule has 5 nitrogen and oxygen atoms in total. The zero-order valence-corrected chi connectivity index (χ0v) is 13.9. The van der Waals surface area contributed by atoms with Crippen molar-refractivity contribution in [2.75, 3.05) is 18.0 Å². The van der Waals surface area contributed by atoms with Gasteiger partial charge in [-0.3, -0.25) is 4.79 Å². The highest BCUT2D eigenvalue weighted by atomic mass is 19.1. The number of carbonyl (C=O) groups is 1. The fraction of sp³-hybridized carbons (Fsp3) is 0.368. The predicted molar refractivity (Wildman–Crippen MR) is 93.7 cm³/mol. The van der Waals surface area contributed by atoms with Crippen LogP contribution in [-0.2, 0) is 17.6 Å². The van der Waals surface area contributed by atoms with E-state index in [1.165, 1.54) is 6.07 Å². The van der Waals surface area contributed by atoms with Crippen molar-refractivity contribution in [2.24, 2.45) is 5.73 Å². The lowest BCUT2D eigenvalue weighted by Gasteiger charge is -2.25. The summed E-state index contributed by atoms with van der Waals surface area (Å²) >= 11 is 0. The monoisotopic (exact) mass is 340 g/mol. The lowest BCUT2D eigenvalue weighted by molar-refractivity contribution is -0.126. The van der Waals surface area contributed by atoms with Gasteiger partial charge in [-0.2, -0.15) is 0 Å². The molecule has 1 saturated heterocycles. The van der Waals surface area contributed by atoms with Crippen LogP contribution >= 0.6 is 0 Å². The van der Waals surface area contributed by atoms with Gasteiger partial charge in [0.15, 0.2) is 11.6 Å². The lowest BCUT2D eigenvalue weighted by atomic mass is 9.95. The van der Waals surface area contributed by atoms with E-state index in [1.54, 1.807) is 12.3 Å². The number of nitrogens with one attached hydrogen (secondary N) is 1. The topological polar surface area (TPSA) is 71.2 Å². The Balaban J connectivity index is 1.40. The molecule has 2 heterocycles. The third kappa shape index (κ3) is 2.98. The number of pyridine rings is 1. The summed E-state index contributed by atoms with van der Waals surface area (Å²) in [4.78, 5) is 18.7. The van der Waals surface area contributed by atoms with E-state index in [4.69, 9.17) is 5.73 Å². The molecule has 1 amide bonds. The number of aromatic nitrogens is 1. The van der Waals surface area contributed by atoms with Crippen LogP contribution in [0.25, 0.3) is 0 Å². The Morgan fingerprint density at radius 3 is 2.64 bits per heavy atom. The van der Waals surface area contributed by atoms with Crippen molar-refractivity contribution in [1.82, 2.24) is 10.3 Å². The van der Waals surface area contributed by atoms with Gasteiger partial charge in [-0.15, -0.1) is 0 Å². The first kappa shape index (κ1) is 16.0. The van der Waals surface area contributed by atoms with Gasteiger partial charge in [0.25, 0.3) is 0 Å². The number of nitrogens with zero attached hydrogens (tertiary/aromatic N) is 2. The molecule has 2 aliphatic rings. The zero-order chi connectivity index (χ0) is 17.4. The molecule has 25 heavy (non-hydrogen) atoms. The van der Waals surface area contributed by atoms with Gasteiger partial charge in [0.2, 0.25) is 5.91 Å². The number of amides is 1. The molecule has 1 atom stereocenters. The Hall–Kier alpha value is -2.47. The van der Waals surface area contributed by atoms with E-state index >= 15 is 0 Å². The Kier molecular flexibility index (Phi) is 3.92. The van der Waals surface area contributed by atoms with Crippen LogP contribution in [0.15, 0.2) is 42.6 Å². The van der Waals surface area contributed by atoms with Gasteiger partial charge in [0.05, 0.1) is 0 Å². The van der Waals surface area contributed by atoms with Crippen LogP contribution in [0.4, 0.5) is 10.2 Å². The molecule has 1 aromatic carbocycles. The number of carbonyl (C=O) groups excluding carboxylic acids is 1. The molecular weight excluding hydrogens is 319 g/mol. The van der Waals surface area contributed by atoms with Gasteiger partial charge in [-0.05, 0) is 42.5 Å². The van der Waals surface area contributed by atoms with Gasteiger partial charge in [0.1, 0.15) is 5.54 Å². The van der Waals surface area contributed by atoms with Crippen molar-refractivity contribution in [3.63, 3.8) is 0 Å². The minimum absolute atomic E-state index is 0.0435. The minimum Gasteiger partial charge on any atom is -0.352 e. The third-order valence-corrected chi connectivity index (χ3v) is 5.14. The molecule has 1 aliphatic carbocycles. The Bertz CT molecular complexity index is 785. The molecule has 130 valence electrons. The number of rotatable bonds is 3. The van der Waals surface area contributed by atoms with Crippen LogP contribution in [0.3, 0.4) is 0 Å². The summed E-state index contributed by atoms with van der Waals surface area (Å²) < 4.78 is 13.9. The van der Waals surface area contributed by atoms with Gasteiger partial charge >= 0.3 is 0 Å². The molecule has 0 bridgehead atoms. The van der Waals surface area contributed by atoms with E-state index in [1.807, 2.05) is 29.2 Å². The van der Waals surface area contributed by atoms with Crippen molar-refractivity contribution < 1.29 is 9.18 Å². The molecule has 0 unspecified atom stereocenters. The molecule has 1 aliphatic heterocycles. The summed E-state index contributed by atoms with van der Waals surface area (Å²) in [7, 11) is 0. The molecule has 4 rings (SSSR count). The van der Waals surface area contributed by atoms with E-state index in [0.29, 0.717) is 31.7 Å². The smallest absolute Gasteiger partial charge is 0.241 e. The zero-order valence-electron chi connectivity index (χ0n) is 13.9. The van der Waals surface area contributed by atoms with Crippen LogP contribution in [0, 0.1) is 5.82 Å². The van der Waals surface area contributed by atoms with Crippen molar-refractivity contribution >= 4 is 11.7 Å². The number of halogens is 1. The van der Waals surface area contributed by atoms with E-state index in [0.717, 1.165) is 17.5 Å². The Morgan fingerprint density at radius 1 is 1.24 bits per heavy atom. The number of hydrogen-bond donors (Lipinski definition) is 2. The normalized spacial score (nSPS) is 21.2. The average molecular weight is 340 g/mol. The summed E-state index contributed by atoms with van der Waals surface area (Å²) in [5.74, 6) is -0.122. The van der Waals surface area contributed by atoms with Crippen LogP contribution < -0.4 is 16.0 Å². The molecule has 0 saturated carbocycles. The van der Waals surface area contributed by atoms with Crippen LogP contribution in [-0.4, -0.2) is 35.6 Å². The highest BCUT2D eigenvalue weighted by molar-refractivity contribution is 5.88. The first-order valence-electron chi connectivity index (χ1n) is 8.57. The molecule has 2 aromatic rings. The summed E-state index contributed by atoms with van der Waals surface area (Å²) in [5.41, 5.74) is 7.79. The predicted octanol–water partition coefficient (Wildman–Crippen LogP) is 1.41. The minimum atomic E-state index is -0.895. The molecule has 6 heteroatoms. The van der Waals surface area contributed by atoms with Crippen molar-refractivity contribution in [3.8, 4) is 0 Å². The second-order valence-electron chi connectivity index (χ2n) is 6.99. The molecule has 0 spiro atoms. The van der Waals surface area contributed by atoms with Crippen LogP contribution in [0.5, 0.6) is 0 Å². The Morgan fingerprint density at radius 2 is 1.96 bits per heavy atom. The summed E-state index contributed by atoms with van der Waals surface area (Å²) in [6.07, 6.45) is 3.44. The number of benzene rings is 1. The van der Waals surface area contributed by atoms with Gasteiger partial charge < -0.3 is 16.0 Å². The molecular formula is C19H21FN4O. The highest BCUT2D eigenvalue weighted by Gasteiger charge is 2.41. The lowest BCUT2D eigenvalue weighted by Crippen LogP contribution is -2.57. The molecule has 3 N–H and O–H groups in total. The largest absolute Gasteiger partial charge is 0.352 e. The molecule has 0 radical (unpaired) electrons. The van der Waals surface area contributed by atoms with E-state index in [9.17, 15) is 9.18 Å². The highest BCUT2D eigenvalue weighted by Crippen LogP contribution is 2.29. The van der Waals surface area contributed by atoms with Gasteiger partial charge in [0, 0.05) is 25.3 Å². The first-order chi connectivity index (χ1) is 12.0. The fourth-order valence-corrected chi connectivity index (χ4v) is 3.81. The maximum Gasteiger partial charge on any atom is 0.241 e. The van der Waals surface area contributed by atoms with Crippen molar-refractivity contribution in [3.05, 3.63) is 59.5 Å². The van der Waals surface area contributed by atoms with Gasteiger partial charge in [-0.1, -0.05) is 24.3 Å². The number of nitrogens with two attached hydrogens (primary N) is 1. The Labute approximate surface area is 146 Å². The fourth-order valence-electron chi connectivity index (χ4n) is 3.81. The van der Waals surface area contributed by atoms with Gasteiger partial charge in [-0.25, -0.2) is 9.37 Å². The maximum absolute atomic E-state index is 13.9. The summed E-state index contributed by atoms with van der Waals surface area (Å²) in [5, 5.41) is 3.06. The van der Waals surface area contributed by atoms with Crippen LogP contribution in [0.1, 0.15) is 17.5 Å². The number of anilines is 1. The molecule has 1 fully saturated rings. The maximum atomic E-state index is 13.9. The quantitative estimate of drug-likeness (QED) is 0.886. The average Bonchev–Trinajstić information content (AvgIpc) is 3.19. The molecule has 1 aromatic heterocycles. The SMILES string of the molecule is NC1(C(=O)N[C@H]2CCN(c3ncccc3F)C2)Cc2ccccc2C1. The summed E-state index contributed by atoms with van der Waals surface area (Å²) in [6.45, 7) is 1.21. The first-order valence-corrected chi connectivity index (χ1v) is 8.57. The second-order valence-corrected chi connectivity index (χ2v) is 6.99. The number of fused-ring (bicyclic) bond motifs is 1. The second kappa shape index (κ2) is 6.11. The van der Waals surface area contributed by atoms with Crippen molar-refractivity contribution in [1.29, 1.82) is 0 Å². The van der Waals surface area contributed by atoms with Crippen LogP contribution in [0.2, 0.25) is 0 Å². The van der Waals surface area contributed by atoms with E-state index in [2.05, 4.69) is 10.3 Å². The van der Waals surface area contributed by atoms with E-state index in [-0.39, 0.29) is 17.8 Å². The van der Waals surface area contributed by atoms with E-state index < -0.39 is 5.54 Å².